The van der Waals surface area contributed by atoms with Gasteiger partial charge < -0.3 is 14.5 Å². The molecule has 3 aromatic rings. The Bertz CT molecular complexity index is 1050. The number of carbonyl (C=O) groups excluding carboxylic acids is 2. The van der Waals surface area contributed by atoms with E-state index in [-0.39, 0.29) is 24.2 Å². The molecule has 0 aliphatic rings. The lowest BCUT2D eigenvalue weighted by molar-refractivity contribution is -0.123. The van der Waals surface area contributed by atoms with E-state index in [1.807, 2.05) is 19.9 Å². The van der Waals surface area contributed by atoms with Crippen molar-refractivity contribution in [2.75, 3.05) is 12.4 Å². The Hall–Kier alpha value is -3.66. The Labute approximate surface area is 189 Å². The summed E-state index contributed by atoms with van der Waals surface area (Å²) in [4.78, 5) is 32.3. The number of nitrogens with zero attached hydrogens (tertiary/aromatic N) is 3. The van der Waals surface area contributed by atoms with Gasteiger partial charge in [-0.15, -0.1) is 0 Å². The summed E-state index contributed by atoms with van der Waals surface area (Å²) in [5.74, 6) is 0.874. The van der Waals surface area contributed by atoms with Crippen molar-refractivity contribution >= 4 is 29.8 Å². The number of hydrogen-bond donors (Lipinski definition) is 2. The first kappa shape index (κ1) is 23.0. The van der Waals surface area contributed by atoms with Gasteiger partial charge in [-0.3, -0.25) is 9.59 Å². The Morgan fingerprint density at radius 2 is 1.88 bits per heavy atom. The van der Waals surface area contributed by atoms with Crippen LogP contribution in [-0.2, 0) is 16.1 Å². The molecule has 1 aromatic carbocycles. The van der Waals surface area contributed by atoms with Crippen LogP contribution in [0.2, 0.25) is 0 Å². The standard InChI is InChI=1S/C22H23N5O4S/c1-15-10-16(2)26-22(25-15)32-14-21(29)27-24-11-17-5-7-18(8-6-17)31-13-20(28)23-12-19-4-3-9-30-19/h3-11H,12-14H2,1-2H3,(H,23,28)(H,27,29)/b24-11-. The number of thioether (sulfide) groups is 1. The van der Waals surface area contributed by atoms with E-state index < -0.39 is 0 Å². The summed E-state index contributed by atoms with van der Waals surface area (Å²) < 4.78 is 10.6. The number of hydrogen-bond acceptors (Lipinski definition) is 8. The van der Waals surface area contributed by atoms with E-state index in [0.717, 1.165) is 17.0 Å². The zero-order valence-electron chi connectivity index (χ0n) is 17.7. The summed E-state index contributed by atoms with van der Waals surface area (Å²) in [5.41, 5.74) is 4.96. The predicted octanol–water partition coefficient (Wildman–Crippen LogP) is 2.62. The molecule has 166 valence electrons. The van der Waals surface area contributed by atoms with E-state index in [1.54, 1.807) is 42.7 Å². The molecule has 0 radical (unpaired) electrons. The maximum Gasteiger partial charge on any atom is 0.258 e. The number of benzene rings is 1. The van der Waals surface area contributed by atoms with Gasteiger partial charge in [-0.25, -0.2) is 15.4 Å². The molecule has 2 N–H and O–H groups in total. The molecule has 3 rings (SSSR count). The van der Waals surface area contributed by atoms with E-state index in [0.29, 0.717) is 23.2 Å². The zero-order chi connectivity index (χ0) is 22.8. The number of hydrazone groups is 1. The first-order valence-corrected chi connectivity index (χ1v) is 10.8. The molecule has 0 saturated carbocycles. The van der Waals surface area contributed by atoms with E-state index in [1.165, 1.54) is 18.0 Å². The average molecular weight is 454 g/mol. The van der Waals surface area contributed by atoms with Crippen LogP contribution in [0.1, 0.15) is 22.7 Å². The van der Waals surface area contributed by atoms with Crippen molar-refractivity contribution in [2.24, 2.45) is 5.10 Å². The topological polar surface area (TPSA) is 119 Å². The molecule has 0 aliphatic carbocycles. The van der Waals surface area contributed by atoms with Gasteiger partial charge in [0.25, 0.3) is 11.8 Å². The third kappa shape index (κ3) is 7.88. The number of aryl methyl sites for hydroxylation is 2. The average Bonchev–Trinajstić information content (AvgIpc) is 3.29. The molecule has 0 aliphatic heterocycles. The van der Waals surface area contributed by atoms with Crippen molar-refractivity contribution < 1.29 is 18.7 Å². The Morgan fingerprint density at radius 3 is 2.56 bits per heavy atom. The molecule has 0 atom stereocenters. The highest BCUT2D eigenvalue weighted by Gasteiger charge is 2.06. The summed E-state index contributed by atoms with van der Waals surface area (Å²) in [7, 11) is 0. The summed E-state index contributed by atoms with van der Waals surface area (Å²) in [6.45, 7) is 3.98. The van der Waals surface area contributed by atoms with Gasteiger partial charge in [0.15, 0.2) is 11.8 Å². The minimum Gasteiger partial charge on any atom is -0.484 e. The Balaban J connectivity index is 1.36. The van der Waals surface area contributed by atoms with Crippen LogP contribution in [0.4, 0.5) is 0 Å². The lowest BCUT2D eigenvalue weighted by Gasteiger charge is -2.06. The molecular formula is C22H23N5O4S. The van der Waals surface area contributed by atoms with Gasteiger partial charge in [-0.2, -0.15) is 5.10 Å². The van der Waals surface area contributed by atoms with Gasteiger partial charge in [0.05, 0.1) is 24.8 Å². The maximum absolute atomic E-state index is 11.9. The molecule has 0 saturated heterocycles. The van der Waals surface area contributed by atoms with Crippen molar-refractivity contribution in [2.45, 2.75) is 25.5 Å². The summed E-state index contributed by atoms with van der Waals surface area (Å²) in [6, 6.07) is 12.4. The molecule has 0 spiro atoms. The maximum atomic E-state index is 11.9. The number of ether oxygens (including phenoxy) is 1. The van der Waals surface area contributed by atoms with E-state index in [2.05, 4.69) is 25.8 Å². The second-order valence-electron chi connectivity index (χ2n) is 6.73. The first-order valence-electron chi connectivity index (χ1n) is 9.77. The molecule has 2 heterocycles. The van der Waals surface area contributed by atoms with Crippen LogP contribution >= 0.6 is 11.8 Å². The number of nitrogens with one attached hydrogen (secondary N) is 2. The second-order valence-corrected chi connectivity index (χ2v) is 7.67. The van der Waals surface area contributed by atoms with Gasteiger partial charge in [0.2, 0.25) is 0 Å². The molecule has 0 bridgehead atoms. The van der Waals surface area contributed by atoms with Crippen molar-refractivity contribution in [1.29, 1.82) is 0 Å². The molecule has 10 heteroatoms. The van der Waals surface area contributed by atoms with Gasteiger partial charge in [0.1, 0.15) is 11.5 Å². The van der Waals surface area contributed by atoms with Gasteiger partial charge >= 0.3 is 0 Å². The van der Waals surface area contributed by atoms with Crippen LogP contribution in [0.5, 0.6) is 5.75 Å². The molecule has 0 unspecified atom stereocenters. The molecule has 9 nitrogen and oxygen atoms in total. The summed E-state index contributed by atoms with van der Waals surface area (Å²) >= 11 is 1.25. The van der Waals surface area contributed by atoms with Gasteiger partial charge in [-0.1, -0.05) is 11.8 Å². The minimum absolute atomic E-state index is 0.105. The quantitative estimate of drug-likeness (QED) is 0.210. The van der Waals surface area contributed by atoms with Gasteiger partial charge in [0, 0.05) is 11.4 Å². The van der Waals surface area contributed by atoms with Crippen LogP contribution in [0.25, 0.3) is 0 Å². The fourth-order valence-electron chi connectivity index (χ4n) is 2.55. The monoisotopic (exact) mass is 453 g/mol. The summed E-state index contributed by atoms with van der Waals surface area (Å²) in [5, 5.41) is 7.21. The molecule has 2 amide bonds. The number of carbonyl (C=O) groups is 2. The number of furan rings is 1. The highest BCUT2D eigenvalue weighted by Crippen LogP contribution is 2.14. The van der Waals surface area contributed by atoms with Crippen LogP contribution in [0, 0.1) is 13.8 Å². The van der Waals surface area contributed by atoms with Crippen molar-refractivity contribution in [1.82, 2.24) is 20.7 Å². The van der Waals surface area contributed by atoms with E-state index >= 15 is 0 Å². The lowest BCUT2D eigenvalue weighted by atomic mass is 10.2. The molecular weight excluding hydrogens is 430 g/mol. The first-order chi connectivity index (χ1) is 15.5. The van der Waals surface area contributed by atoms with Gasteiger partial charge in [-0.05, 0) is 61.9 Å². The predicted molar refractivity (Wildman–Crippen MR) is 120 cm³/mol. The lowest BCUT2D eigenvalue weighted by Crippen LogP contribution is -2.28. The highest BCUT2D eigenvalue weighted by atomic mass is 32.2. The fourth-order valence-corrected chi connectivity index (χ4v) is 3.29. The third-order valence-corrected chi connectivity index (χ3v) is 4.83. The van der Waals surface area contributed by atoms with Crippen molar-refractivity contribution in [3.8, 4) is 5.75 Å². The largest absolute Gasteiger partial charge is 0.484 e. The Kier molecular flexibility index (Phi) is 8.38. The van der Waals surface area contributed by atoms with Crippen LogP contribution in [0.15, 0.2) is 63.4 Å². The Morgan fingerprint density at radius 1 is 1.12 bits per heavy atom. The zero-order valence-corrected chi connectivity index (χ0v) is 18.5. The van der Waals surface area contributed by atoms with E-state index in [4.69, 9.17) is 9.15 Å². The van der Waals surface area contributed by atoms with Crippen LogP contribution in [0.3, 0.4) is 0 Å². The smallest absolute Gasteiger partial charge is 0.258 e. The van der Waals surface area contributed by atoms with E-state index in [9.17, 15) is 9.59 Å². The number of amides is 2. The van der Waals surface area contributed by atoms with Crippen LogP contribution in [-0.4, -0.2) is 40.4 Å². The van der Waals surface area contributed by atoms with Crippen LogP contribution < -0.4 is 15.5 Å². The molecule has 2 aromatic heterocycles. The molecule has 32 heavy (non-hydrogen) atoms. The highest BCUT2D eigenvalue weighted by molar-refractivity contribution is 7.99. The van der Waals surface area contributed by atoms with Crippen molar-refractivity contribution in [3.63, 3.8) is 0 Å². The summed E-state index contributed by atoms with van der Waals surface area (Å²) in [6.07, 6.45) is 3.07. The van der Waals surface area contributed by atoms with Crippen molar-refractivity contribution in [3.05, 3.63) is 71.4 Å². The minimum atomic E-state index is -0.255. The second kappa shape index (κ2) is 11.7. The third-order valence-electron chi connectivity index (χ3n) is 3.99. The number of rotatable bonds is 10. The normalized spacial score (nSPS) is 10.8. The molecule has 0 fully saturated rings. The SMILES string of the molecule is Cc1cc(C)nc(SCC(=O)N/N=C\c2ccc(OCC(=O)NCc3ccco3)cc2)n1. The number of aromatic nitrogens is 2. The fraction of sp³-hybridized carbons (Fsp3) is 0.227.